The van der Waals surface area contributed by atoms with Gasteiger partial charge < -0.3 is 15.5 Å². The fourth-order valence-electron chi connectivity index (χ4n) is 2.68. The number of fused-ring (bicyclic) bond motifs is 1. The third kappa shape index (κ3) is 5.26. The van der Waals surface area contributed by atoms with Crippen LogP contribution in [0.15, 0.2) is 67.6 Å². The molecule has 5 heteroatoms. The van der Waals surface area contributed by atoms with Crippen LogP contribution in [0.4, 0.5) is 11.5 Å². The van der Waals surface area contributed by atoms with E-state index in [0.29, 0.717) is 6.04 Å². The van der Waals surface area contributed by atoms with E-state index in [2.05, 4.69) is 40.6 Å². The average molecular weight is 357 g/mol. The first-order valence-electron chi connectivity index (χ1n) is 8.28. The van der Waals surface area contributed by atoms with Crippen molar-refractivity contribution in [2.24, 2.45) is 0 Å². The molecule has 1 aliphatic rings. The minimum Gasteiger partial charge on any atom is -0.385 e. The Hall–Kier alpha value is -2.46. The van der Waals surface area contributed by atoms with Crippen molar-refractivity contribution in [3.05, 3.63) is 78.2 Å². The molecule has 0 saturated carbocycles. The van der Waals surface area contributed by atoms with E-state index in [1.165, 1.54) is 5.56 Å². The maximum Gasteiger partial charge on any atom is 0.152 e. The van der Waals surface area contributed by atoms with Crippen molar-refractivity contribution in [3.8, 4) is 0 Å². The van der Waals surface area contributed by atoms with Gasteiger partial charge in [-0.2, -0.15) is 0 Å². The van der Waals surface area contributed by atoms with Crippen molar-refractivity contribution < 1.29 is 0 Å². The van der Waals surface area contributed by atoms with E-state index in [9.17, 15) is 0 Å². The number of aromatic nitrogens is 1. The van der Waals surface area contributed by atoms with Crippen LogP contribution < -0.4 is 15.5 Å². The summed E-state index contributed by atoms with van der Waals surface area (Å²) in [7, 11) is 2.01. The first kappa shape index (κ1) is 18.9. The lowest BCUT2D eigenvalue weighted by Crippen LogP contribution is -2.29. The van der Waals surface area contributed by atoms with E-state index < -0.39 is 0 Å². The summed E-state index contributed by atoms with van der Waals surface area (Å²) in [4.78, 5) is 6.33. The Morgan fingerprint density at radius 2 is 2.08 bits per heavy atom. The predicted octanol–water partition coefficient (Wildman–Crippen LogP) is 4.98. The predicted molar refractivity (Wildman–Crippen MR) is 108 cm³/mol. The smallest absolute Gasteiger partial charge is 0.152 e. The number of nitrogens with one attached hydrogen (secondary N) is 2. The van der Waals surface area contributed by atoms with Crippen molar-refractivity contribution in [2.45, 2.75) is 19.4 Å². The van der Waals surface area contributed by atoms with Gasteiger partial charge in [-0.15, -0.1) is 0 Å². The number of likely N-dealkylation sites (N-methyl/N-ethyl adjacent to an activating group) is 1. The number of benzene rings is 1. The van der Waals surface area contributed by atoms with Gasteiger partial charge in [-0.1, -0.05) is 43.8 Å². The summed E-state index contributed by atoms with van der Waals surface area (Å²) in [6.07, 6.45) is 4.56. The van der Waals surface area contributed by atoms with Gasteiger partial charge in [0.25, 0.3) is 0 Å². The molecule has 1 aliphatic heterocycles. The van der Waals surface area contributed by atoms with Crippen molar-refractivity contribution in [1.29, 1.82) is 0 Å². The average Bonchev–Trinajstić information content (AvgIpc) is 2.61. The lowest BCUT2D eigenvalue weighted by atomic mass is 10.1. The van der Waals surface area contributed by atoms with E-state index >= 15 is 0 Å². The molecule has 4 nitrogen and oxygen atoms in total. The van der Waals surface area contributed by atoms with E-state index in [1.807, 2.05) is 43.4 Å². The summed E-state index contributed by atoms with van der Waals surface area (Å²) in [5.41, 5.74) is 3.29. The highest BCUT2D eigenvalue weighted by Gasteiger charge is 2.15. The lowest BCUT2D eigenvalue weighted by molar-refractivity contribution is 0.603. The molecule has 1 atom stereocenters. The fourth-order valence-corrected chi connectivity index (χ4v) is 2.80. The highest BCUT2D eigenvalue weighted by Crippen LogP contribution is 2.27. The molecule has 3 rings (SSSR count). The maximum atomic E-state index is 5.80. The number of hydrogen-bond donors (Lipinski definition) is 2. The van der Waals surface area contributed by atoms with Crippen LogP contribution in [0.2, 0.25) is 5.02 Å². The molecule has 132 valence electrons. The van der Waals surface area contributed by atoms with Gasteiger partial charge in [0.1, 0.15) is 0 Å². The maximum absolute atomic E-state index is 5.80. The Morgan fingerprint density at radius 1 is 1.36 bits per heavy atom. The molecule has 2 N–H and O–H groups in total. The Balaban J connectivity index is 0.000000181. The minimum atomic E-state index is 0.342. The zero-order valence-electron chi connectivity index (χ0n) is 14.8. The number of halogens is 1. The van der Waals surface area contributed by atoms with Crippen molar-refractivity contribution in [1.82, 2.24) is 10.3 Å². The van der Waals surface area contributed by atoms with Gasteiger partial charge in [0, 0.05) is 24.0 Å². The number of pyridine rings is 1. The van der Waals surface area contributed by atoms with Crippen LogP contribution in [0.3, 0.4) is 0 Å². The third-order valence-corrected chi connectivity index (χ3v) is 4.14. The molecule has 0 spiro atoms. The second-order valence-electron chi connectivity index (χ2n) is 5.84. The van der Waals surface area contributed by atoms with Crippen LogP contribution in [-0.2, 0) is 0 Å². The lowest BCUT2D eigenvalue weighted by Gasteiger charge is -2.28. The summed E-state index contributed by atoms with van der Waals surface area (Å²) < 4.78 is 0. The van der Waals surface area contributed by atoms with Gasteiger partial charge in [0.15, 0.2) is 5.82 Å². The molecule has 0 saturated heterocycles. The molecule has 25 heavy (non-hydrogen) atoms. The fraction of sp³-hybridized carbons (Fsp3) is 0.250. The SMILES string of the molecule is C=C1CN(C)c2ncccc2N1.C=CNC(CC)c1ccc(Cl)cc1. The van der Waals surface area contributed by atoms with Gasteiger partial charge in [-0.3, -0.25) is 0 Å². The first-order valence-corrected chi connectivity index (χ1v) is 8.66. The zero-order valence-corrected chi connectivity index (χ0v) is 15.6. The number of hydrogen-bond acceptors (Lipinski definition) is 4. The number of anilines is 2. The molecule has 0 bridgehead atoms. The van der Waals surface area contributed by atoms with Crippen molar-refractivity contribution in [3.63, 3.8) is 0 Å². The molecule has 1 aromatic carbocycles. The standard InChI is InChI=1S/C11H14ClN.C9H11N3/c1-3-11(13-4-2)9-5-7-10(12)8-6-9;1-7-6-12(2)9-8(11-7)4-3-5-10-9/h4-8,11,13H,2-3H2,1H3;3-5,11H,1,6H2,2H3. The molecule has 0 radical (unpaired) electrons. The van der Waals surface area contributed by atoms with Crippen LogP contribution in [0, 0.1) is 0 Å². The van der Waals surface area contributed by atoms with E-state index in [4.69, 9.17) is 11.6 Å². The van der Waals surface area contributed by atoms with Crippen molar-refractivity contribution >= 4 is 23.1 Å². The summed E-state index contributed by atoms with van der Waals surface area (Å²) in [5.74, 6) is 0.991. The number of rotatable bonds is 4. The molecule has 0 fully saturated rings. The summed E-state index contributed by atoms with van der Waals surface area (Å²) in [5, 5.41) is 7.16. The Bertz CT molecular complexity index is 712. The van der Waals surface area contributed by atoms with Gasteiger partial charge >= 0.3 is 0 Å². The van der Waals surface area contributed by atoms with Crippen molar-refractivity contribution in [2.75, 3.05) is 23.8 Å². The molecule has 2 aromatic rings. The van der Waals surface area contributed by atoms with E-state index in [1.54, 1.807) is 12.4 Å². The minimum absolute atomic E-state index is 0.342. The normalized spacial score (nSPS) is 13.7. The third-order valence-electron chi connectivity index (χ3n) is 3.89. The van der Waals surface area contributed by atoms with Gasteiger partial charge in [0.2, 0.25) is 0 Å². The van der Waals surface area contributed by atoms with E-state index in [0.717, 1.165) is 35.2 Å². The monoisotopic (exact) mass is 356 g/mol. The Morgan fingerprint density at radius 3 is 2.72 bits per heavy atom. The van der Waals surface area contributed by atoms with Gasteiger partial charge in [0.05, 0.1) is 18.3 Å². The molecule has 1 aromatic heterocycles. The quantitative estimate of drug-likeness (QED) is 0.810. The molecular weight excluding hydrogens is 332 g/mol. The molecule has 1 unspecified atom stereocenters. The Kier molecular flexibility index (Phi) is 6.90. The van der Waals surface area contributed by atoms with E-state index in [-0.39, 0.29) is 0 Å². The van der Waals surface area contributed by atoms with Crippen LogP contribution in [0.1, 0.15) is 24.9 Å². The highest BCUT2D eigenvalue weighted by molar-refractivity contribution is 6.30. The Labute approximate surface area is 155 Å². The second-order valence-corrected chi connectivity index (χ2v) is 6.28. The van der Waals surface area contributed by atoms with Crippen LogP contribution in [0.25, 0.3) is 0 Å². The highest BCUT2D eigenvalue weighted by atomic mass is 35.5. The summed E-state index contributed by atoms with van der Waals surface area (Å²) in [6.45, 7) is 10.5. The molecule has 0 aliphatic carbocycles. The molecule has 2 heterocycles. The zero-order chi connectivity index (χ0) is 18.2. The largest absolute Gasteiger partial charge is 0.385 e. The topological polar surface area (TPSA) is 40.2 Å². The van der Waals surface area contributed by atoms with Crippen LogP contribution >= 0.6 is 11.6 Å². The summed E-state index contributed by atoms with van der Waals surface area (Å²) >= 11 is 5.80. The van der Waals surface area contributed by atoms with Gasteiger partial charge in [-0.05, 0) is 42.4 Å². The van der Waals surface area contributed by atoms with Crippen LogP contribution in [-0.4, -0.2) is 18.6 Å². The first-order chi connectivity index (χ1) is 12.0. The van der Waals surface area contributed by atoms with Crippen LogP contribution in [0.5, 0.6) is 0 Å². The molecular formula is C20H25ClN4. The molecule has 0 amide bonds. The van der Waals surface area contributed by atoms with Gasteiger partial charge in [-0.25, -0.2) is 4.98 Å². The summed E-state index contributed by atoms with van der Waals surface area (Å²) in [6, 6.07) is 12.1. The second kappa shape index (κ2) is 9.14. The number of nitrogens with zero attached hydrogens (tertiary/aromatic N) is 2.